The second-order valence-electron chi connectivity index (χ2n) is 11.4. The van der Waals surface area contributed by atoms with E-state index in [0.717, 1.165) is 23.4 Å². The summed E-state index contributed by atoms with van der Waals surface area (Å²) in [4.78, 5) is 56.6. The molecule has 0 spiro atoms. The molecule has 0 radical (unpaired) electrons. The molecule has 1 aliphatic rings. The minimum atomic E-state index is -0.483. The number of amides is 5. The monoisotopic (exact) mass is 619 g/mol. The van der Waals surface area contributed by atoms with Gasteiger partial charge in [-0.05, 0) is 88.5 Å². The highest BCUT2D eigenvalue weighted by Gasteiger charge is 2.26. The standard InChI is InChI=1S/C35H37N7O4/c1-20-11-12-24(38-32(43)23-9-7-6-8-10-23)17-28(20)41-35(46)39-25-13-14-26-27(33(44)40-30(26)18-25)19-29-21(2)31(22(3)37-29)34(45)36-15-16-42(4)5/h6-14,17-19,37H,15-16H2,1-5H3,(H,36,45)(H,38,43)(H,40,44)(H2,39,41,46). The number of likely N-dealkylation sites (N-methyl/N-ethyl adjacent to an activating group) is 1. The number of nitrogens with zero attached hydrogens (tertiary/aromatic N) is 1. The first kappa shape index (κ1) is 31.7. The molecule has 0 aliphatic carbocycles. The topological polar surface area (TPSA) is 147 Å². The van der Waals surface area contributed by atoms with Gasteiger partial charge in [-0.25, -0.2) is 4.79 Å². The molecule has 0 bridgehead atoms. The molecule has 0 atom stereocenters. The van der Waals surface area contributed by atoms with E-state index in [1.54, 1.807) is 60.7 Å². The normalized spacial score (nSPS) is 12.9. The van der Waals surface area contributed by atoms with Gasteiger partial charge in [0.2, 0.25) is 0 Å². The van der Waals surface area contributed by atoms with E-state index in [0.29, 0.717) is 57.3 Å². The Hall–Kier alpha value is -5.68. The van der Waals surface area contributed by atoms with Crippen LogP contribution < -0.4 is 26.6 Å². The smallest absolute Gasteiger partial charge is 0.323 e. The molecule has 1 aliphatic heterocycles. The highest BCUT2D eigenvalue weighted by molar-refractivity contribution is 6.35. The molecule has 46 heavy (non-hydrogen) atoms. The van der Waals surface area contributed by atoms with E-state index in [2.05, 4.69) is 31.6 Å². The zero-order valence-corrected chi connectivity index (χ0v) is 26.4. The zero-order valence-electron chi connectivity index (χ0n) is 26.4. The molecular weight excluding hydrogens is 582 g/mol. The van der Waals surface area contributed by atoms with Crippen LogP contribution in [0.3, 0.4) is 0 Å². The molecule has 11 heteroatoms. The third-order valence-corrected chi connectivity index (χ3v) is 7.68. The lowest BCUT2D eigenvalue weighted by atomic mass is 10.0. The highest BCUT2D eigenvalue weighted by Crippen LogP contribution is 2.36. The first-order chi connectivity index (χ1) is 22.0. The van der Waals surface area contributed by atoms with Gasteiger partial charge in [0.05, 0.1) is 16.8 Å². The van der Waals surface area contributed by atoms with Crippen molar-refractivity contribution in [3.63, 3.8) is 0 Å². The molecule has 1 aromatic heterocycles. The van der Waals surface area contributed by atoms with E-state index in [1.807, 2.05) is 51.9 Å². The van der Waals surface area contributed by atoms with E-state index in [9.17, 15) is 19.2 Å². The van der Waals surface area contributed by atoms with Gasteiger partial charge in [0.1, 0.15) is 0 Å². The van der Waals surface area contributed by atoms with Crippen molar-refractivity contribution in [3.05, 3.63) is 106 Å². The maximum Gasteiger partial charge on any atom is 0.323 e. The van der Waals surface area contributed by atoms with Crippen LogP contribution in [-0.2, 0) is 4.79 Å². The van der Waals surface area contributed by atoms with Gasteiger partial charge in [0, 0.05) is 52.7 Å². The summed E-state index contributed by atoms with van der Waals surface area (Å²) in [7, 11) is 3.89. The van der Waals surface area contributed by atoms with Crippen molar-refractivity contribution >= 4 is 58.2 Å². The summed E-state index contributed by atoms with van der Waals surface area (Å²) in [6.45, 7) is 6.79. The number of H-pyrrole nitrogens is 1. The summed E-state index contributed by atoms with van der Waals surface area (Å²) in [5.74, 6) is -0.705. The van der Waals surface area contributed by atoms with E-state index in [4.69, 9.17) is 0 Å². The van der Waals surface area contributed by atoms with Crippen LogP contribution in [0.2, 0.25) is 0 Å². The Bertz CT molecular complexity index is 1860. The Morgan fingerprint density at radius 1 is 0.848 bits per heavy atom. The highest BCUT2D eigenvalue weighted by atomic mass is 16.2. The molecule has 5 rings (SSSR count). The van der Waals surface area contributed by atoms with Crippen LogP contribution in [0.15, 0.2) is 66.7 Å². The number of aromatic nitrogens is 1. The maximum absolute atomic E-state index is 13.0. The number of urea groups is 1. The van der Waals surface area contributed by atoms with Crippen molar-refractivity contribution in [2.24, 2.45) is 0 Å². The molecular formula is C35H37N7O4. The van der Waals surface area contributed by atoms with Gasteiger partial charge in [0.15, 0.2) is 0 Å². The predicted octanol–water partition coefficient (Wildman–Crippen LogP) is 5.62. The average molecular weight is 620 g/mol. The van der Waals surface area contributed by atoms with Crippen molar-refractivity contribution in [1.29, 1.82) is 0 Å². The quantitative estimate of drug-likeness (QED) is 0.135. The van der Waals surface area contributed by atoms with Crippen molar-refractivity contribution in [3.8, 4) is 0 Å². The molecule has 4 aromatic rings. The fourth-order valence-electron chi connectivity index (χ4n) is 5.21. The molecule has 11 nitrogen and oxygen atoms in total. The Labute approximate surface area is 267 Å². The van der Waals surface area contributed by atoms with Gasteiger partial charge < -0.3 is 36.5 Å². The fraction of sp³-hybridized carbons (Fsp3) is 0.200. The molecule has 0 saturated carbocycles. The SMILES string of the molecule is Cc1ccc(NC(=O)c2ccccc2)cc1NC(=O)Nc1ccc2c(c1)NC(=O)C2=Cc1[nH]c(C)c(C(=O)NCCN(C)C)c1C. The number of aryl methyl sites for hydroxylation is 2. The Kier molecular flexibility index (Phi) is 9.34. The summed E-state index contributed by atoms with van der Waals surface area (Å²) in [6.07, 6.45) is 1.74. The Balaban J connectivity index is 1.27. The molecule has 3 aromatic carbocycles. The Morgan fingerprint density at radius 2 is 1.57 bits per heavy atom. The number of fused-ring (bicyclic) bond motifs is 1. The van der Waals surface area contributed by atoms with Crippen LogP contribution in [0, 0.1) is 20.8 Å². The zero-order chi connectivity index (χ0) is 33.0. The van der Waals surface area contributed by atoms with E-state index < -0.39 is 6.03 Å². The minimum absolute atomic E-state index is 0.165. The number of rotatable bonds is 9. The van der Waals surface area contributed by atoms with Gasteiger partial charge in [-0.1, -0.05) is 30.3 Å². The van der Waals surface area contributed by atoms with Crippen molar-refractivity contribution < 1.29 is 19.2 Å². The first-order valence-electron chi connectivity index (χ1n) is 14.8. The number of hydrogen-bond acceptors (Lipinski definition) is 5. The molecule has 2 heterocycles. The summed E-state index contributed by atoms with van der Waals surface area (Å²) in [5, 5.41) is 14.3. The van der Waals surface area contributed by atoms with Gasteiger partial charge in [-0.2, -0.15) is 0 Å². The number of anilines is 4. The number of nitrogens with one attached hydrogen (secondary N) is 6. The predicted molar refractivity (Wildman–Crippen MR) is 182 cm³/mol. The summed E-state index contributed by atoms with van der Waals surface area (Å²) in [6, 6.07) is 18.8. The summed E-state index contributed by atoms with van der Waals surface area (Å²) in [5.41, 5.74) is 7.28. The number of benzene rings is 3. The number of carbonyl (C=O) groups excluding carboxylic acids is 4. The number of carbonyl (C=O) groups is 4. The summed E-state index contributed by atoms with van der Waals surface area (Å²) >= 11 is 0. The Morgan fingerprint density at radius 3 is 2.30 bits per heavy atom. The van der Waals surface area contributed by atoms with E-state index in [-0.39, 0.29) is 17.7 Å². The third kappa shape index (κ3) is 7.16. The minimum Gasteiger partial charge on any atom is -0.358 e. The third-order valence-electron chi connectivity index (χ3n) is 7.68. The van der Waals surface area contributed by atoms with E-state index >= 15 is 0 Å². The molecule has 5 amide bonds. The van der Waals surface area contributed by atoms with Gasteiger partial charge in [0.25, 0.3) is 17.7 Å². The van der Waals surface area contributed by atoms with Crippen molar-refractivity contribution in [2.45, 2.75) is 20.8 Å². The second-order valence-corrected chi connectivity index (χ2v) is 11.4. The largest absolute Gasteiger partial charge is 0.358 e. The van der Waals surface area contributed by atoms with Gasteiger partial charge in [-0.3, -0.25) is 14.4 Å². The summed E-state index contributed by atoms with van der Waals surface area (Å²) < 4.78 is 0. The fourth-order valence-corrected chi connectivity index (χ4v) is 5.21. The lowest BCUT2D eigenvalue weighted by Gasteiger charge is -2.13. The van der Waals surface area contributed by atoms with Crippen LogP contribution in [0.5, 0.6) is 0 Å². The van der Waals surface area contributed by atoms with E-state index in [1.165, 1.54) is 0 Å². The first-order valence-corrected chi connectivity index (χ1v) is 14.8. The molecule has 0 saturated heterocycles. The number of aromatic amines is 1. The lowest BCUT2D eigenvalue weighted by Crippen LogP contribution is -2.31. The van der Waals surface area contributed by atoms with Crippen LogP contribution >= 0.6 is 0 Å². The molecule has 6 N–H and O–H groups in total. The molecule has 236 valence electrons. The van der Waals surface area contributed by atoms with Gasteiger partial charge in [-0.15, -0.1) is 0 Å². The second kappa shape index (κ2) is 13.5. The lowest BCUT2D eigenvalue weighted by molar-refractivity contribution is -0.110. The van der Waals surface area contributed by atoms with Crippen LogP contribution in [-0.4, -0.2) is 60.8 Å². The number of hydrogen-bond donors (Lipinski definition) is 6. The van der Waals surface area contributed by atoms with Crippen LogP contribution in [0.1, 0.15) is 48.8 Å². The van der Waals surface area contributed by atoms with Crippen molar-refractivity contribution in [1.82, 2.24) is 15.2 Å². The molecule has 0 fully saturated rings. The van der Waals surface area contributed by atoms with Crippen LogP contribution in [0.25, 0.3) is 11.6 Å². The maximum atomic E-state index is 13.0. The van der Waals surface area contributed by atoms with Gasteiger partial charge >= 0.3 is 6.03 Å². The van der Waals surface area contributed by atoms with Crippen molar-refractivity contribution in [2.75, 3.05) is 48.5 Å². The molecule has 0 unspecified atom stereocenters. The van der Waals surface area contributed by atoms with Crippen LogP contribution in [0.4, 0.5) is 27.5 Å². The average Bonchev–Trinajstić information content (AvgIpc) is 3.47.